The van der Waals surface area contributed by atoms with Gasteiger partial charge in [-0.2, -0.15) is 0 Å². The summed E-state index contributed by atoms with van der Waals surface area (Å²) in [5.41, 5.74) is 1.78. The fourth-order valence-corrected chi connectivity index (χ4v) is 2.24. The van der Waals surface area contributed by atoms with Crippen LogP contribution in [0.25, 0.3) is 0 Å². The number of hydrogen-bond acceptors (Lipinski definition) is 3. The zero-order valence-corrected chi connectivity index (χ0v) is 9.16. The minimum atomic E-state index is -1.19. The van der Waals surface area contributed by atoms with Crippen LogP contribution in [0.3, 0.4) is 0 Å². The van der Waals surface area contributed by atoms with Gasteiger partial charge in [0, 0.05) is 0 Å². The topological polar surface area (TPSA) is 43.1 Å². The van der Waals surface area contributed by atoms with Crippen LogP contribution in [-0.4, -0.2) is 9.19 Å². The van der Waals surface area contributed by atoms with Crippen molar-refractivity contribution in [1.82, 2.24) is 4.98 Å². The summed E-state index contributed by atoms with van der Waals surface area (Å²) in [5.74, 6) is 0.445. The summed E-state index contributed by atoms with van der Waals surface area (Å²) >= 11 is 0. The summed E-state index contributed by atoms with van der Waals surface area (Å²) in [6.45, 7) is 1.81. The molecule has 3 nitrogen and oxygen atoms in total. The first-order valence-corrected chi connectivity index (χ1v) is 5.92. The summed E-state index contributed by atoms with van der Waals surface area (Å²) in [7, 11) is -1.19. The number of nitrogens with zero attached hydrogens (tertiary/aromatic N) is 1. The Bertz CT molecular complexity index is 464. The molecule has 2 rings (SSSR count). The summed E-state index contributed by atoms with van der Waals surface area (Å²) in [6, 6.07) is 9.66. The van der Waals surface area contributed by atoms with Crippen molar-refractivity contribution in [3.63, 3.8) is 0 Å². The number of hydrogen-bond donors (Lipinski definition) is 0. The molecule has 0 saturated heterocycles. The van der Waals surface area contributed by atoms with E-state index in [0.29, 0.717) is 11.0 Å². The zero-order chi connectivity index (χ0) is 10.7. The summed E-state index contributed by atoms with van der Waals surface area (Å²) < 4.78 is 16.9. The number of oxazole rings is 1. The van der Waals surface area contributed by atoms with Crippen molar-refractivity contribution in [2.24, 2.45) is 0 Å². The van der Waals surface area contributed by atoms with Crippen LogP contribution in [0.2, 0.25) is 0 Å². The number of aromatic nitrogens is 1. The first-order chi connectivity index (χ1) is 7.25. The van der Waals surface area contributed by atoms with Gasteiger partial charge < -0.3 is 4.42 Å². The molecular formula is C11H11NO2S. The van der Waals surface area contributed by atoms with Crippen molar-refractivity contribution in [2.45, 2.75) is 17.9 Å². The van der Waals surface area contributed by atoms with Crippen LogP contribution in [0.1, 0.15) is 11.3 Å². The maximum atomic E-state index is 11.8. The minimum Gasteiger partial charge on any atom is -0.438 e. The lowest BCUT2D eigenvalue weighted by molar-refractivity contribution is 0.444. The third-order valence-electron chi connectivity index (χ3n) is 1.93. The summed E-state index contributed by atoms with van der Waals surface area (Å²) in [6.07, 6.45) is 1.51. The first kappa shape index (κ1) is 10.1. The Kier molecular flexibility index (Phi) is 2.97. The summed E-state index contributed by atoms with van der Waals surface area (Å²) in [4.78, 5) is 4.04. The van der Waals surface area contributed by atoms with Crippen LogP contribution in [0, 0.1) is 6.92 Å². The van der Waals surface area contributed by atoms with Crippen molar-refractivity contribution < 1.29 is 8.63 Å². The van der Waals surface area contributed by atoms with E-state index in [0.717, 1.165) is 11.3 Å². The van der Waals surface area contributed by atoms with E-state index in [-0.39, 0.29) is 0 Å². The highest BCUT2D eigenvalue weighted by Gasteiger charge is 2.10. The van der Waals surface area contributed by atoms with Crippen LogP contribution >= 0.6 is 0 Å². The lowest BCUT2D eigenvalue weighted by atomic mass is 10.2. The zero-order valence-electron chi connectivity index (χ0n) is 8.34. The van der Waals surface area contributed by atoms with Gasteiger partial charge in [0.2, 0.25) is 0 Å². The van der Waals surface area contributed by atoms with Crippen molar-refractivity contribution in [2.75, 3.05) is 0 Å². The van der Waals surface area contributed by atoms with Crippen molar-refractivity contribution in [3.8, 4) is 0 Å². The third kappa shape index (κ3) is 2.53. The second-order valence-corrected chi connectivity index (χ2v) is 4.56. The van der Waals surface area contributed by atoms with Gasteiger partial charge in [0.15, 0.2) is 0 Å². The maximum Gasteiger partial charge on any atom is 0.287 e. The lowest BCUT2D eigenvalue weighted by Crippen LogP contribution is -1.96. The molecule has 1 aromatic heterocycles. The Morgan fingerprint density at radius 3 is 2.67 bits per heavy atom. The van der Waals surface area contributed by atoms with Crippen molar-refractivity contribution in [1.29, 1.82) is 0 Å². The van der Waals surface area contributed by atoms with E-state index in [1.807, 2.05) is 37.3 Å². The molecule has 1 atom stereocenters. The minimum absolute atomic E-state index is 0.302. The normalized spacial score (nSPS) is 12.6. The van der Waals surface area contributed by atoms with Gasteiger partial charge in [-0.25, -0.2) is 9.19 Å². The number of benzene rings is 1. The Labute approximate surface area is 90.6 Å². The molecule has 0 aliphatic carbocycles. The molecular weight excluding hydrogens is 210 g/mol. The van der Waals surface area contributed by atoms with Gasteiger partial charge in [-0.05, 0) is 12.5 Å². The van der Waals surface area contributed by atoms with Gasteiger partial charge in [-0.1, -0.05) is 30.3 Å². The van der Waals surface area contributed by atoms with E-state index < -0.39 is 10.8 Å². The maximum absolute atomic E-state index is 11.8. The van der Waals surface area contributed by atoms with Crippen LogP contribution < -0.4 is 0 Å². The Morgan fingerprint density at radius 1 is 1.33 bits per heavy atom. The Morgan fingerprint density at radius 2 is 2.07 bits per heavy atom. The van der Waals surface area contributed by atoms with Crippen molar-refractivity contribution in [3.05, 3.63) is 47.9 Å². The molecule has 0 spiro atoms. The Balaban J connectivity index is 2.11. The van der Waals surface area contributed by atoms with E-state index in [2.05, 4.69) is 4.98 Å². The molecule has 0 aliphatic heterocycles. The molecule has 15 heavy (non-hydrogen) atoms. The SMILES string of the molecule is Cc1coc(S(=O)Cc2ccccc2)n1. The molecule has 0 saturated carbocycles. The van der Waals surface area contributed by atoms with Gasteiger partial charge in [0.25, 0.3) is 5.22 Å². The molecule has 1 heterocycles. The second-order valence-electron chi connectivity index (χ2n) is 3.23. The van der Waals surface area contributed by atoms with E-state index >= 15 is 0 Å². The van der Waals surface area contributed by atoms with E-state index in [9.17, 15) is 4.21 Å². The fourth-order valence-electron chi connectivity index (χ4n) is 1.22. The van der Waals surface area contributed by atoms with Gasteiger partial charge in [-0.15, -0.1) is 0 Å². The molecule has 1 aromatic carbocycles. The highest BCUT2D eigenvalue weighted by atomic mass is 32.2. The molecule has 1 unspecified atom stereocenters. The Hall–Kier alpha value is -1.42. The number of rotatable bonds is 3. The molecule has 0 N–H and O–H groups in total. The molecule has 4 heteroatoms. The first-order valence-electron chi connectivity index (χ1n) is 4.60. The van der Waals surface area contributed by atoms with Gasteiger partial charge in [0.05, 0.1) is 11.4 Å². The molecule has 0 bridgehead atoms. The average molecular weight is 221 g/mol. The van der Waals surface area contributed by atoms with E-state index in [4.69, 9.17) is 4.42 Å². The molecule has 0 fully saturated rings. The number of aryl methyl sites for hydroxylation is 1. The largest absolute Gasteiger partial charge is 0.438 e. The van der Waals surface area contributed by atoms with E-state index in [1.54, 1.807) is 0 Å². The van der Waals surface area contributed by atoms with E-state index in [1.165, 1.54) is 6.26 Å². The predicted molar refractivity (Wildman–Crippen MR) is 57.8 cm³/mol. The van der Waals surface area contributed by atoms with Crippen LogP contribution in [-0.2, 0) is 16.6 Å². The van der Waals surface area contributed by atoms with Crippen LogP contribution in [0.4, 0.5) is 0 Å². The predicted octanol–water partition coefficient (Wildman–Crippen LogP) is 2.29. The van der Waals surface area contributed by atoms with Crippen LogP contribution in [0.15, 0.2) is 46.2 Å². The van der Waals surface area contributed by atoms with Crippen LogP contribution in [0.5, 0.6) is 0 Å². The standard InChI is InChI=1S/C11H11NO2S/c1-9-7-14-11(12-9)15(13)8-10-5-3-2-4-6-10/h2-7H,8H2,1H3. The third-order valence-corrected chi connectivity index (χ3v) is 3.11. The smallest absolute Gasteiger partial charge is 0.287 e. The summed E-state index contributed by atoms with van der Waals surface area (Å²) in [5, 5.41) is 0.302. The van der Waals surface area contributed by atoms with Crippen molar-refractivity contribution >= 4 is 10.8 Å². The molecule has 0 amide bonds. The fraction of sp³-hybridized carbons (Fsp3) is 0.182. The lowest BCUT2D eigenvalue weighted by Gasteiger charge is -1.97. The quantitative estimate of drug-likeness (QED) is 0.798. The highest BCUT2D eigenvalue weighted by molar-refractivity contribution is 7.84. The molecule has 0 radical (unpaired) electrons. The monoisotopic (exact) mass is 221 g/mol. The van der Waals surface area contributed by atoms with Gasteiger partial charge in [-0.3, -0.25) is 0 Å². The van der Waals surface area contributed by atoms with Gasteiger partial charge >= 0.3 is 0 Å². The second kappa shape index (κ2) is 4.40. The average Bonchev–Trinajstić information content (AvgIpc) is 2.66. The molecule has 0 aliphatic rings. The molecule has 78 valence electrons. The molecule has 2 aromatic rings. The highest BCUT2D eigenvalue weighted by Crippen LogP contribution is 2.11. The van der Waals surface area contributed by atoms with Gasteiger partial charge in [0.1, 0.15) is 17.1 Å².